The molecule has 5 heteroatoms. The summed E-state index contributed by atoms with van der Waals surface area (Å²) in [5, 5.41) is 8.67. The van der Waals surface area contributed by atoms with Crippen LogP contribution < -0.4 is 15.4 Å². The summed E-state index contributed by atoms with van der Waals surface area (Å²) in [6.45, 7) is 5.84. The van der Waals surface area contributed by atoms with Crippen molar-refractivity contribution in [1.82, 2.24) is 10.2 Å². The van der Waals surface area contributed by atoms with Crippen LogP contribution >= 0.6 is 0 Å². The highest BCUT2D eigenvalue weighted by Crippen LogP contribution is 2.23. The van der Waals surface area contributed by atoms with Gasteiger partial charge in [-0.25, -0.2) is 0 Å². The van der Waals surface area contributed by atoms with Crippen molar-refractivity contribution in [2.45, 2.75) is 32.4 Å². The van der Waals surface area contributed by atoms with Gasteiger partial charge in [-0.3, -0.25) is 0 Å². The van der Waals surface area contributed by atoms with Gasteiger partial charge in [0.05, 0.1) is 11.8 Å². The molecule has 1 unspecified atom stereocenters. The summed E-state index contributed by atoms with van der Waals surface area (Å²) in [7, 11) is 0. The van der Waals surface area contributed by atoms with E-state index in [2.05, 4.69) is 15.1 Å². The summed E-state index contributed by atoms with van der Waals surface area (Å²) in [4.78, 5) is 2.18. The molecule has 1 saturated heterocycles. The van der Waals surface area contributed by atoms with E-state index < -0.39 is 0 Å². The molecule has 1 aromatic heterocycles. The van der Waals surface area contributed by atoms with Gasteiger partial charge in [0.15, 0.2) is 5.82 Å². The number of hydrogen-bond donors (Lipinski definition) is 1. The standard InChI is InChI=1S/C17H22N4O/c1-12(2)22-15-5-3-13(4-6-15)16-7-8-17(20-19-16)21-10-9-14(18)11-21/h3-8,12,14H,9-11,18H2,1-2H3. The first-order chi connectivity index (χ1) is 10.6. The van der Waals surface area contributed by atoms with E-state index in [-0.39, 0.29) is 12.1 Å². The van der Waals surface area contributed by atoms with Gasteiger partial charge in [-0.1, -0.05) is 0 Å². The SMILES string of the molecule is CC(C)Oc1ccc(-c2ccc(N3CCC(N)C3)nn2)cc1. The molecule has 1 fully saturated rings. The Hall–Kier alpha value is -2.14. The van der Waals surface area contributed by atoms with Crippen molar-refractivity contribution < 1.29 is 4.74 Å². The molecule has 2 aromatic rings. The molecule has 2 N–H and O–H groups in total. The minimum atomic E-state index is 0.178. The first-order valence-corrected chi connectivity index (χ1v) is 7.73. The molecule has 1 aromatic carbocycles. The Kier molecular flexibility index (Phi) is 4.24. The number of aromatic nitrogens is 2. The highest BCUT2D eigenvalue weighted by molar-refractivity contribution is 5.60. The quantitative estimate of drug-likeness (QED) is 0.939. The van der Waals surface area contributed by atoms with Gasteiger partial charge in [0.1, 0.15) is 5.75 Å². The van der Waals surface area contributed by atoms with Crippen molar-refractivity contribution >= 4 is 5.82 Å². The van der Waals surface area contributed by atoms with E-state index in [0.717, 1.165) is 42.3 Å². The smallest absolute Gasteiger partial charge is 0.151 e. The lowest BCUT2D eigenvalue weighted by atomic mass is 10.1. The Bertz CT molecular complexity index is 610. The Morgan fingerprint density at radius 1 is 1.14 bits per heavy atom. The van der Waals surface area contributed by atoms with Gasteiger partial charge in [-0.05, 0) is 56.7 Å². The summed E-state index contributed by atoms with van der Waals surface area (Å²) < 4.78 is 5.65. The number of benzene rings is 1. The zero-order chi connectivity index (χ0) is 15.5. The predicted molar refractivity (Wildman–Crippen MR) is 88.0 cm³/mol. The van der Waals surface area contributed by atoms with Crippen molar-refractivity contribution in [2.75, 3.05) is 18.0 Å². The maximum Gasteiger partial charge on any atom is 0.151 e. The van der Waals surface area contributed by atoms with Crippen molar-refractivity contribution in [2.24, 2.45) is 5.73 Å². The fourth-order valence-corrected chi connectivity index (χ4v) is 2.62. The molecular weight excluding hydrogens is 276 g/mol. The minimum Gasteiger partial charge on any atom is -0.491 e. The van der Waals surface area contributed by atoms with Crippen LogP contribution in [0.3, 0.4) is 0 Å². The van der Waals surface area contributed by atoms with Gasteiger partial charge >= 0.3 is 0 Å². The summed E-state index contributed by atoms with van der Waals surface area (Å²) >= 11 is 0. The van der Waals surface area contributed by atoms with E-state index in [1.54, 1.807) is 0 Å². The molecule has 1 aliphatic heterocycles. The summed E-state index contributed by atoms with van der Waals surface area (Å²) in [5.41, 5.74) is 7.83. The van der Waals surface area contributed by atoms with Crippen LogP contribution in [0.1, 0.15) is 20.3 Å². The predicted octanol–water partition coefficient (Wildman–Crippen LogP) is 2.47. The first kappa shape index (κ1) is 14.8. The van der Waals surface area contributed by atoms with Crippen LogP contribution in [0.5, 0.6) is 5.75 Å². The molecule has 0 amide bonds. The molecule has 22 heavy (non-hydrogen) atoms. The zero-order valence-corrected chi connectivity index (χ0v) is 13.1. The molecule has 116 valence electrons. The second-order valence-corrected chi connectivity index (χ2v) is 5.96. The number of nitrogens with two attached hydrogens (primary N) is 1. The molecule has 0 aliphatic carbocycles. The molecule has 1 aliphatic rings. The molecule has 2 heterocycles. The number of ether oxygens (including phenoxy) is 1. The monoisotopic (exact) mass is 298 g/mol. The maximum atomic E-state index is 5.93. The molecule has 1 atom stereocenters. The lowest BCUT2D eigenvalue weighted by molar-refractivity contribution is 0.242. The van der Waals surface area contributed by atoms with Gasteiger partial charge in [-0.15, -0.1) is 10.2 Å². The second kappa shape index (κ2) is 6.32. The van der Waals surface area contributed by atoms with Gasteiger partial charge < -0.3 is 15.4 Å². The fraction of sp³-hybridized carbons (Fsp3) is 0.412. The van der Waals surface area contributed by atoms with E-state index in [1.807, 2.05) is 50.2 Å². The Labute approximate surface area is 131 Å². The van der Waals surface area contributed by atoms with Crippen LogP contribution in [0.25, 0.3) is 11.3 Å². The summed E-state index contributed by atoms with van der Waals surface area (Å²) in [6.07, 6.45) is 1.19. The number of nitrogens with zero attached hydrogens (tertiary/aromatic N) is 3. The Morgan fingerprint density at radius 3 is 2.45 bits per heavy atom. The average molecular weight is 298 g/mol. The van der Waals surface area contributed by atoms with Crippen molar-refractivity contribution in [3.63, 3.8) is 0 Å². The van der Waals surface area contributed by atoms with Gasteiger partial charge in [0.2, 0.25) is 0 Å². The highest BCUT2D eigenvalue weighted by Gasteiger charge is 2.20. The van der Waals surface area contributed by atoms with E-state index in [9.17, 15) is 0 Å². The lowest BCUT2D eigenvalue weighted by Gasteiger charge is -2.16. The third-order valence-corrected chi connectivity index (χ3v) is 3.72. The first-order valence-electron chi connectivity index (χ1n) is 7.73. The number of rotatable bonds is 4. The normalized spacial score (nSPS) is 18.0. The fourth-order valence-electron chi connectivity index (χ4n) is 2.62. The molecule has 0 bridgehead atoms. The molecule has 0 saturated carbocycles. The third-order valence-electron chi connectivity index (χ3n) is 3.72. The van der Waals surface area contributed by atoms with Crippen LogP contribution in [0, 0.1) is 0 Å². The maximum absolute atomic E-state index is 5.93. The average Bonchev–Trinajstić information content (AvgIpc) is 2.94. The minimum absolute atomic E-state index is 0.178. The molecule has 3 rings (SSSR count). The molecule has 5 nitrogen and oxygen atoms in total. The van der Waals surface area contributed by atoms with Crippen molar-refractivity contribution in [3.05, 3.63) is 36.4 Å². The third kappa shape index (κ3) is 3.36. The number of anilines is 1. The zero-order valence-electron chi connectivity index (χ0n) is 13.1. The Morgan fingerprint density at radius 2 is 1.91 bits per heavy atom. The highest BCUT2D eigenvalue weighted by atomic mass is 16.5. The van der Waals surface area contributed by atoms with Gasteiger partial charge in [0, 0.05) is 24.7 Å². The van der Waals surface area contributed by atoms with Crippen LogP contribution in [-0.2, 0) is 0 Å². The van der Waals surface area contributed by atoms with Crippen molar-refractivity contribution in [3.8, 4) is 17.0 Å². The molecule has 0 radical (unpaired) electrons. The lowest BCUT2D eigenvalue weighted by Crippen LogP contribution is -2.27. The summed E-state index contributed by atoms with van der Waals surface area (Å²) in [6, 6.07) is 12.2. The van der Waals surface area contributed by atoms with Crippen LogP contribution in [-0.4, -0.2) is 35.4 Å². The summed E-state index contributed by atoms with van der Waals surface area (Å²) in [5.74, 6) is 1.77. The largest absolute Gasteiger partial charge is 0.491 e. The Balaban J connectivity index is 1.72. The van der Waals surface area contributed by atoms with Crippen molar-refractivity contribution in [1.29, 1.82) is 0 Å². The van der Waals surface area contributed by atoms with E-state index in [4.69, 9.17) is 10.5 Å². The van der Waals surface area contributed by atoms with Gasteiger partial charge in [0.25, 0.3) is 0 Å². The molecule has 0 spiro atoms. The van der Waals surface area contributed by atoms with E-state index in [0.29, 0.717) is 0 Å². The van der Waals surface area contributed by atoms with Crippen LogP contribution in [0.4, 0.5) is 5.82 Å². The van der Waals surface area contributed by atoms with Gasteiger partial charge in [-0.2, -0.15) is 0 Å². The second-order valence-electron chi connectivity index (χ2n) is 5.96. The van der Waals surface area contributed by atoms with E-state index in [1.165, 1.54) is 0 Å². The van der Waals surface area contributed by atoms with Crippen LogP contribution in [0.2, 0.25) is 0 Å². The van der Waals surface area contributed by atoms with Crippen LogP contribution in [0.15, 0.2) is 36.4 Å². The number of hydrogen-bond acceptors (Lipinski definition) is 5. The molecular formula is C17H22N4O. The van der Waals surface area contributed by atoms with E-state index >= 15 is 0 Å². The topological polar surface area (TPSA) is 64.3 Å².